The first kappa shape index (κ1) is 50.3. The van der Waals surface area contributed by atoms with E-state index in [1.807, 2.05) is 56.0 Å². The van der Waals surface area contributed by atoms with Crippen LogP contribution in [0.5, 0.6) is 11.8 Å². The van der Waals surface area contributed by atoms with Gasteiger partial charge in [0.15, 0.2) is 12.6 Å². The molecule has 3 fully saturated rings. The van der Waals surface area contributed by atoms with Gasteiger partial charge in [0.2, 0.25) is 0 Å². The highest BCUT2D eigenvalue weighted by atomic mass is 28.3. The van der Waals surface area contributed by atoms with Crippen LogP contribution in [-0.4, -0.2) is 109 Å². The van der Waals surface area contributed by atoms with Gasteiger partial charge in [0.1, 0.15) is 55.0 Å². The van der Waals surface area contributed by atoms with Crippen LogP contribution in [0.15, 0.2) is 60.8 Å². The maximum atomic E-state index is 18.0. The molecule has 3 aliphatic rings. The second-order valence-electron chi connectivity index (χ2n) is 20.7. The third-order valence-electron chi connectivity index (χ3n) is 14.1. The first-order chi connectivity index (χ1) is 33.4. The molecule has 5 aromatic rings. The highest BCUT2D eigenvalue weighted by Gasteiger charge is 2.46. The number of benzene rings is 3. The first-order valence-electron chi connectivity index (χ1n) is 24.5. The van der Waals surface area contributed by atoms with Gasteiger partial charge in [0, 0.05) is 63.3 Å². The fourth-order valence-corrected chi connectivity index (χ4v) is 16.1. The van der Waals surface area contributed by atoms with Gasteiger partial charge in [-0.3, -0.25) is 9.88 Å². The summed E-state index contributed by atoms with van der Waals surface area (Å²) in [6, 6.07) is 15.6. The van der Waals surface area contributed by atoms with E-state index in [4.69, 9.17) is 38.6 Å². The Morgan fingerprint density at radius 1 is 0.871 bits per heavy atom. The van der Waals surface area contributed by atoms with Crippen LogP contribution in [-0.2, 0) is 20.8 Å². The molecule has 0 radical (unpaired) electrons. The summed E-state index contributed by atoms with van der Waals surface area (Å²) < 4.78 is 63.6. The number of halogens is 2. The number of carbonyl (C=O) groups excluding carboxylic acids is 2. The molecule has 2 unspecified atom stereocenters. The van der Waals surface area contributed by atoms with Crippen LogP contribution in [0, 0.1) is 23.1 Å². The van der Waals surface area contributed by atoms with Crippen LogP contribution in [0.25, 0.3) is 32.9 Å². The maximum Gasteiger partial charge on any atom is 0.410 e. The van der Waals surface area contributed by atoms with Gasteiger partial charge in [-0.1, -0.05) is 83.9 Å². The average Bonchev–Trinajstić information content (AvgIpc) is 3.59. The Kier molecular flexibility index (Phi) is 14.9. The number of fused-ring (bicyclic) bond motifs is 4. The number of anilines is 1. The fraction of sp³-hybridized carbons (Fsp3) is 0.500. The van der Waals surface area contributed by atoms with E-state index >= 15 is 8.78 Å². The minimum Gasteiger partial charge on any atom is -0.468 e. The van der Waals surface area contributed by atoms with Gasteiger partial charge in [-0.25, -0.2) is 18.4 Å². The van der Waals surface area contributed by atoms with Gasteiger partial charge in [-0.2, -0.15) is 9.97 Å². The zero-order chi connectivity index (χ0) is 50.1. The van der Waals surface area contributed by atoms with Crippen molar-refractivity contribution in [1.29, 1.82) is 0 Å². The van der Waals surface area contributed by atoms with Gasteiger partial charge in [0.05, 0.1) is 23.0 Å². The maximum absolute atomic E-state index is 18.0. The second kappa shape index (κ2) is 20.7. The molecule has 2 amide bonds. The van der Waals surface area contributed by atoms with E-state index in [2.05, 4.69) is 57.9 Å². The zero-order valence-electron chi connectivity index (χ0n) is 42.1. The van der Waals surface area contributed by atoms with Crippen molar-refractivity contribution in [2.75, 3.05) is 45.0 Å². The monoisotopic (exact) mass is 976 g/mol. The third kappa shape index (κ3) is 10.4. The highest BCUT2D eigenvalue weighted by Crippen LogP contribution is 2.43. The number of methoxy groups -OCH3 is 1. The van der Waals surface area contributed by atoms with E-state index in [-0.39, 0.29) is 59.9 Å². The number of hydrogen-bond donors (Lipinski definition) is 0. The van der Waals surface area contributed by atoms with E-state index in [9.17, 15) is 9.59 Å². The molecule has 3 aliphatic heterocycles. The van der Waals surface area contributed by atoms with Gasteiger partial charge in [0.25, 0.3) is 0 Å². The molecule has 372 valence electrons. The lowest BCUT2D eigenvalue weighted by Crippen LogP contribution is -2.57. The molecule has 3 aromatic carbocycles. The Hall–Kier alpha value is -6.05. The van der Waals surface area contributed by atoms with E-state index < -0.39 is 37.5 Å². The Morgan fingerprint density at radius 2 is 1.54 bits per heavy atom. The van der Waals surface area contributed by atoms with Gasteiger partial charge in [-0.15, -0.1) is 5.54 Å². The minimum atomic E-state index is -2.34. The number of piperazine rings is 1. The molecule has 3 saturated heterocycles. The van der Waals surface area contributed by atoms with Crippen molar-refractivity contribution in [3.63, 3.8) is 0 Å². The number of ether oxygens (including phenoxy) is 5. The summed E-state index contributed by atoms with van der Waals surface area (Å²) in [4.78, 5) is 46.6. The minimum absolute atomic E-state index is 0.0393. The summed E-state index contributed by atoms with van der Waals surface area (Å²) in [5.41, 5.74) is 5.10. The Labute approximate surface area is 411 Å². The van der Waals surface area contributed by atoms with Crippen molar-refractivity contribution in [2.24, 2.45) is 0 Å². The molecular weight excluding hydrogens is 911 g/mol. The van der Waals surface area contributed by atoms with Gasteiger partial charge < -0.3 is 33.5 Å². The lowest BCUT2D eigenvalue weighted by Gasteiger charge is -2.42. The molecule has 2 bridgehead atoms. The predicted molar refractivity (Wildman–Crippen MR) is 270 cm³/mol. The Bertz CT molecular complexity index is 2750. The molecule has 13 nitrogen and oxygen atoms in total. The van der Waals surface area contributed by atoms with E-state index in [0.717, 1.165) is 18.4 Å². The van der Waals surface area contributed by atoms with Crippen LogP contribution < -0.4 is 14.4 Å². The number of aromatic nitrogens is 3. The summed E-state index contributed by atoms with van der Waals surface area (Å²) >= 11 is 0. The number of carbonyl (C=O) groups is 2. The van der Waals surface area contributed by atoms with Crippen molar-refractivity contribution in [2.45, 2.75) is 135 Å². The molecule has 8 rings (SSSR count). The Morgan fingerprint density at radius 3 is 2.17 bits per heavy atom. The lowest BCUT2D eigenvalue weighted by molar-refractivity contribution is 0.0122. The van der Waals surface area contributed by atoms with Crippen LogP contribution in [0.3, 0.4) is 0 Å². The number of piperidine rings is 1. The summed E-state index contributed by atoms with van der Waals surface area (Å²) in [6.07, 6.45) is 2.85. The largest absolute Gasteiger partial charge is 0.468 e. The quantitative estimate of drug-likeness (QED) is 0.0673. The van der Waals surface area contributed by atoms with Crippen LogP contribution in [0.4, 0.5) is 24.2 Å². The summed E-state index contributed by atoms with van der Waals surface area (Å²) in [5, 5.41) is 1.33. The van der Waals surface area contributed by atoms with E-state index in [1.54, 1.807) is 29.3 Å². The summed E-state index contributed by atoms with van der Waals surface area (Å²) in [7, 11) is -0.835. The molecule has 2 aromatic heterocycles. The van der Waals surface area contributed by atoms with Crippen molar-refractivity contribution in [3.05, 3.63) is 83.6 Å². The topological polar surface area (TPSA) is 129 Å². The van der Waals surface area contributed by atoms with Crippen LogP contribution in [0.2, 0.25) is 16.6 Å². The van der Waals surface area contributed by atoms with Crippen LogP contribution in [0.1, 0.15) is 99.1 Å². The van der Waals surface area contributed by atoms with Crippen LogP contribution >= 0.6 is 0 Å². The molecular formula is C54H66F2N6O7Si. The number of pyridine rings is 1. The molecule has 70 heavy (non-hydrogen) atoms. The average molecular weight is 977 g/mol. The van der Waals surface area contributed by atoms with Crippen molar-refractivity contribution in [1.82, 2.24) is 24.8 Å². The molecule has 2 atom stereocenters. The summed E-state index contributed by atoms with van der Waals surface area (Å²) in [6.45, 7) is 20.4. The first-order valence-corrected chi connectivity index (χ1v) is 26.8. The molecule has 0 aliphatic carbocycles. The number of nitrogens with zero attached hydrogens (tertiary/aromatic N) is 6. The summed E-state index contributed by atoms with van der Waals surface area (Å²) in [5.74, 6) is 2.83. The molecule has 0 saturated carbocycles. The van der Waals surface area contributed by atoms with Gasteiger partial charge in [-0.05, 0) is 79.4 Å². The van der Waals surface area contributed by atoms with Crippen molar-refractivity contribution >= 4 is 47.8 Å². The molecule has 0 N–H and O–H groups in total. The van der Waals surface area contributed by atoms with E-state index in [1.165, 1.54) is 13.2 Å². The molecule has 16 heteroatoms. The third-order valence-corrected chi connectivity index (χ3v) is 20.4. The smallest absolute Gasteiger partial charge is 0.410 e. The second-order valence-corrected chi connectivity index (χ2v) is 26.3. The number of hydrogen-bond acceptors (Lipinski definition) is 11. The highest BCUT2D eigenvalue weighted by molar-refractivity contribution is 6.90. The SMILES string of the molecule is COCOc1cc(-c2ncc3c(N4CC5CCC(C4)N5C(=O)OC(C)(C)C)nc(OC4CCN(C(=O)OCc5ccccc5)CC4)nc3c2F)c2c(C#C[Si](C(C)C)(C(C)C)C(C)C)c(F)ccc2c1. The van der Waals surface area contributed by atoms with Crippen molar-refractivity contribution < 1.29 is 42.1 Å². The lowest BCUT2D eigenvalue weighted by atomic mass is 9.95. The predicted octanol–water partition coefficient (Wildman–Crippen LogP) is 11.4. The Balaban J connectivity index is 1.21. The number of amides is 2. The van der Waals surface area contributed by atoms with E-state index in [0.29, 0.717) is 83.4 Å². The number of rotatable bonds is 12. The van der Waals surface area contributed by atoms with Crippen molar-refractivity contribution in [3.8, 4) is 34.5 Å². The fourth-order valence-electron chi connectivity index (χ4n) is 10.8. The molecule has 0 spiro atoms. The standard InChI is InChI=1S/C54H66F2N6O7Si/c1-33(2)70(34(3)4,35(5)6)25-22-42-45(55)19-16-37-26-41(67-32-65-10)27-43(46(37)42)48-47(56)49-44(28-57-48)50(61-29-38-17-18-39(30-61)62(38)53(64)69-54(7,8)9)59-51(58-49)68-40-20-23-60(24-21-40)52(63)66-31-36-14-12-11-13-15-36/h11-16,19,26-28,33-35,38-40H,17-18,20-21,23-24,29-32H2,1-10H3. The normalized spacial score (nSPS) is 17.7. The zero-order valence-corrected chi connectivity index (χ0v) is 43.1. The molecule has 5 heterocycles. The number of likely N-dealkylation sites (tertiary alicyclic amines) is 1. The van der Waals surface area contributed by atoms with Gasteiger partial charge >= 0.3 is 18.2 Å².